The molecule has 0 amide bonds. The van der Waals surface area contributed by atoms with Crippen LogP contribution in [0.25, 0.3) is 0 Å². The van der Waals surface area contributed by atoms with Crippen LogP contribution in [0.3, 0.4) is 0 Å². The Morgan fingerprint density at radius 1 is 1.19 bits per heavy atom. The van der Waals surface area contributed by atoms with Gasteiger partial charge in [0.25, 0.3) is 0 Å². The van der Waals surface area contributed by atoms with Crippen molar-refractivity contribution in [3.63, 3.8) is 0 Å². The molecule has 0 aliphatic heterocycles. The maximum Gasteiger partial charge on any atom is 0.226 e. The van der Waals surface area contributed by atoms with E-state index in [1.807, 2.05) is 19.1 Å². The number of rotatable bonds is 7. The Morgan fingerprint density at radius 3 is 2.67 bits per heavy atom. The number of nitrogens with zero attached hydrogens (tertiary/aromatic N) is 3. The van der Waals surface area contributed by atoms with Gasteiger partial charge in [-0.25, -0.2) is 4.98 Å². The lowest BCUT2D eigenvalue weighted by molar-refractivity contribution is 0.397. The molecular weight excluding hydrogens is 264 g/mol. The molecule has 0 fully saturated rings. The molecule has 1 heterocycles. The molecule has 0 aliphatic rings. The second-order valence-electron chi connectivity index (χ2n) is 4.91. The maximum atomic E-state index is 5.14. The van der Waals surface area contributed by atoms with Crippen molar-refractivity contribution in [2.75, 3.05) is 37.5 Å². The third-order valence-electron chi connectivity index (χ3n) is 3.19. The Hall–Kier alpha value is -2.30. The first-order chi connectivity index (χ1) is 10.2. The van der Waals surface area contributed by atoms with Gasteiger partial charge in [0.15, 0.2) is 0 Å². The van der Waals surface area contributed by atoms with Gasteiger partial charge >= 0.3 is 0 Å². The van der Waals surface area contributed by atoms with E-state index < -0.39 is 0 Å². The first kappa shape index (κ1) is 15.1. The topological polar surface area (TPSA) is 50.3 Å². The van der Waals surface area contributed by atoms with Crippen LogP contribution in [0.4, 0.5) is 11.6 Å². The van der Waals surface area contributed by atoms with Gasteiger partial charge in [0.1, 0.15) is 0 Å². The van der Waals surface area contributed by atoms with Crippen LogP contribution in [-0.2, 0) is 0 Å². The lowest BCUT2D eigenvalue weighted by Crippen LogP contribution is -2.21. The second kappa shape index (κ2) is 7.47. The average molecular weight is 286 g/mol. The van der Waals surface area contributed by atoms with Gasteiger partial charge in [-0.05, 0) is 25.5 Å². The summed E-state index contributed by atoms with van der Waals surface area (Å²) in [5, 5.41) is 3.24. The predicted octanol–water partition coefficient (Wildman–Crippen LogP) is 2.73. The smallest absolute Gasteiger partial charge is 0.226 e. The summed E-state index contributed by atoms with van der Waals surface area (Å²) in [6, 6.07) is 12.2. The minimum Gasteiger partial charge on any atom is -0.481 e. The molecule has 112 valence electrons. The minimum absolute atomic E-state index is 0.589. The SMILES string of the molecule is COc1cc(C)nc(NCCCN(C)c2ccccc2)n1. The highest BCUT2D eigenvalue weighted by Crippen LogP contribution is 2.12. The van der Waals surface area contributed by atoms with E-state index in [9.17, 15) is 0 Å². The predicted molar refractivity (Wildman–Crippen MR) is 86.1 cm³/mol. The number of anilines is 2. The van der Waals surface area contributed by atoms with Crippen molar-refractivity contribution in [1.29, 1.82) is 0 Å². The van der Waals surface area contributed by atoms with E-state index in [0.29, 0.717) is 11.8 Å². The number of hydrogen-bond donors (Lipinski definition) is 1. The van der Waals surface area contributed by atoms with E-state index in [4.69, 9.17) is 4.74 Å². The minimum atomic E-state index is 0.589. The van der Waals surface area contributed by atoms with Crippen molar-refractivity contribution in [2.45, 2.75) is 13.3 Å². The molecule has 0 bridgehead atoms. The van der Waals surface area contributed by atoms with Crippen LogP contribution in [0.2, 0.25) is 0 Å². The molecule has 1 aromatic carbocycles. The normalized spacial score (nSPS) is 10.2. The van der Waals surface area contributed by atoms with Crippen molar-refractivity contribution in [1.82, 2.24) is 9.97 Å². The number of aryl methyl sites for hydroxylation is 1. The number of aromatic nitrogens is 2. The molecule has 0 saturated heterocycles. The fourth-order valence-corrected chi connectivity index (χ4v) is 2.05. The van der Waals surface area contributed by atoms with E-state index in [1.165, 1.54) is 5.69 Å². The Bertz CT molecular complexity index is 559. The molecule has 0 spiro atoms. The van der Waals surface area contributed by atoms with Crippen LogP contribution in [0, 0.1) is 6.92 Å². The maximum absolute atomic E-state index is 5.14. The van der Waals surface area contributed by atoms with Gasteiger partial charge in [0, 0.05) is 37.6 Å². The van der Waals surface area contributed by atoms with Crippen molar-refractivity contribution in [3.05, 3.63) is 42.1 Å². The number of nitrogens with one attached hydrogen (secondary N) is 1. The quantitative estimate of drug-likeness (QED) is 0.793. The summed E-state index contributed by atoms with van der Waals surface area (Å²) in [6.45, 7) is 3.72. The van der Waals surface area contributed by atoms with E-state index in [-0.39, 0.29) is 0 Å². The largest absolute Gasteiger partial charge is 0.481 e. The molecule has 0 unspecified atom stereocenters. The number of para-hydroxylation sites is 1. The van der Waals surface area contributed by atoms with Crippen LogP contribution in [-0.4, -0.2) is 37.2 Å². The van der Waals surface area contributed by atoms with Crippen LogP contribution in [0.1, 0.15) is 12.1 Å². The highest BCUT2D eigenvalue weighted by atomic mass is 16.5. The molecule has 1 aromatic heterocycles. The van der Waals surface area contributed by atoms with Gasteiger partial charge in [0.05, 0.1) is 7.11 Å². The van der Waals surface area contributed by atoms with Crippen LogP contribution < -0.4 is 15.0 Å². The van der Waals surface area contributed by atoms with Gasteiger partial charge in [-0.15, -0.1) is 0 Å². The average Bonchev–Trinajstić information content (AvgIpc) is 2.51. The first-order valence-corrected chi connectivity index (χ1v) is 7.09. The standard InChI is InChI=1S/C16H22N4O/c1-13-12-15(21-3)19-16(18-13)17-10-7-11-20(2)14-8-5-4-6-9-14/h4-6,8-9,12H,7,10-11H2,1-3H3,(H,17,18,19). The van der Waals surface area contributed by atoms with Gasteiger partial charge < -0.3 is 15.0 Å². The molecule has 5 nitrogen and oxygen atoms in total. The van der Waals surface area contributed by atoms with E-state index in [1.54, 1.807) is 7.11 Å². The third kappa shape index (κ3) is 4.63. The van der Waals surface area contributed by atoms with Crippen LogP contribution in [0.5, 0.6) is 5.88 Å². The summed E-state index contributed by atoms with van der Waals surface area (Å²) in [7, 11) is 3.71. The molecule has 5 heteroatoms. The van der Waals surface area contributed by atoms with Gasteiger partial charge in [-0.2, -0.15) is 4.98 Å². The molecule has 0 aliphatic carbocycles. The van der Waals surface area contributed by atoms with Crippen molar-refractivity contribution < 1.29 is 4.74 Å². The first-order valence-electron chi connectivity index (χ1n) is 7.09. The highest BCUT2D eigenvalue weighted by molar-refractivity contribution is 5.44. The zero-order valence-electron chi connectivity index (χ0n) is 12.8. The number of benzene rings is 1. The van der Waals surface area contributed by atoms with Gasteiger partial charge in [0.2, 0.25) is 11.8 Å². The van der Waals surface area contributed by atoms with Crippen molar-refractivity contribution >= 4 is 11.6 Å². The summed E-state index contributed by atoms with van der Waals surface area (Å²) in [4.78, 5) is 10.8. The summed E-state index contributed by atoms with van der Waals surface area (Å²) in [5.74, 6) is 1.21. The van der Waals surface area contributed by atoms with E-state index in [0.717, 1.165) is 25.2 Å². The fraction of sp³-hybridized carbons (Fsp3) is 0.375. The van der Waals surface area contributed by atoms with Crippen molar-refractivity contribution in [2.24, 2.45) is 0 Å². The molecule has 0 atom stereocenters. The Morgan fingerprint density at radius 2 is 1.95 bits per heavy atom. The lowest BCUT2D eigenvalue weighted by atomic mass is 10.3. The van der Waals surface area contributed by atoms with Crippen LogP contribution >= 0.6 is 0 Å². The Balaban J connectivity index is 1.78. The number of methoxy groups -OCH3 is 1. The second-order valence-corrected chi connectivity index (χ2v) is 4.91. The zero-order chi connectivity index (χ0) is 15.1. The summed E-state index contributed by atoms with van der Waals surface area (Å²) in [5.41, 5.74) is 2.12. The zero-order valence-corrected chi connectivity index (χ0v) is 12.8. The number of hydrogen-bond acceptors (Lipinski definition) is 5. The van der Waals surface area contributed by atoms with E-state index in [2.05, 4.69) is 51.5 Å². The summed E-state index contributed by atoms with van der Waals surface area (Å²) < 4.78 is 5.14. The molecule has 0 saturated carbocycles. The molecular formula is C16H22N4O. The third-order valence-corrected chi connectivity index (χ3v) is 3.19. The van der Waals surface area contributed by atoms with Gasteiger partial charge in [-0.3, -0.25) is 0 Å². The van der Waals surface area contributed by atoms with Crippen LogP contribution in [0.15, 0.2) is 36.4 Å². The van der Waals surface area contributed by atoms with E-state index >= 15 is 0 Å². The highest BCUT2D eigenvalue weighted by Gasteiger charge is 2.03. The molecule has 2 aromatic rings. The monoisotopic (exact) mass is 286 g/mol. The summed E-state index contributed by atoms with van der Waals surface area (Å²) in [6.07, 6.45) is 1.00. The van der Waals surface area contributed by atoms with Gasteiger partial charge in [-0.1, -0.05) is 18.2 Å². The molecule has 1 N–H and O–H groups in total. The molecule has 2 rings (SSSR count). The summed E-state index contributed by atoms with van der Waals surface area (Å²) >= 11 is 0. The Labute approximate surface area is 126 Å². The lowest BCUT2D eigenvalue weighted by Gasteiger charge is -2.19. The fourth-order valence-electron chi connectivity index (χ4n) is 2.05. The molecule has 0 radical (unpaired) electrons. The van der Waals surface area contributed by atoms with Crippen molar-refractivity contribution in [3.8, 4) is 5.88 Å². The Kier molecular flexibility index (Phi) is 5.37. The number of ether oxygens (including phenoxy) is 1. The molecule has 21 heavy (non-hydrogen) atoms.